The quantitative estimate of drug-likeness (QED) is 0.621. The third kappa shape index (κ3) is 11.7. The first-order valence-electron chi connectivity index (χ1n) is 10.2. The van der Waals surface area contributed by atoms with Crippen LogP contribution >= 0.6 is 0 Å². The van der Waals surface area contributed by atoms with Gasteiger partial charge in [-0.05, 0) is 44.4 Å². The van der Waals surface area contributed by atoms with E-state index in [2.05, 4.69) is 12.2 Å². The van der Waals surface area contributed by atoms with Crippen LogP contribution in [0.2, 0.25) is 0 Å². The number of carboxylic acid groups (broad SMARTS) is 1. The van der Waals surface area contributed by atoms with Gasteiger partial charge in [0.2, 0.25) is 5.91 Å². The molecule has 2 rings (SSSR count). The number of hydrogen-bond acceptors (Lipinski definition) is 3. The summed E-state index contributed by atoms with van der Waals surface area (Å²) in [5.74, 6) is -1.13. The zero-order valence-electron chi connectivity index (χ0n) is 18.1. The Bertz CT molecular complexity index is 679. The van der Waals surface area contributed by atoms with Crippen molar-refractivity contribution < 1.29 is 16.1 Å². The van der Waals surface area contributed by atoms with Gasteiger partial charge in [0.05, 0.1) is 11.8 Å². The summed E-state index contributed by atoms with van der Waals surface area (Å²) in [6.45, 7) is 9.29. The lowest BCUT2D eigenvalue weighted by Crippen LogP contribution is -2.28. The Morgan fingerprint density at radius 3 is 1.66 bits per heavy atom. The van der Waals surface area contributed by atoms with Crippen molar-refractivity contribution in [2.75, 3.05) is 13.1 Å². The molecule has 29 heavy (non-hydrogen) atoms. The first-order chi connectivity index (χ1) is 13.9. The molecule has 2 aromatic rings. The third-order valence-electron chi connectivity index (χ3n) is 4.20. The van der Waals surface area contributed by atoms with Crippen LogP contribution in [0.4, 0.5) is 0 Å². The Kier molecular flexibility index (Phi) is 14.8. The predicted octanol–water partition coefficient (Wildman–Crippen LogP) is 4.79. The maximum Gasteiger partial charge on any atom is 0.310 e. The standard InChI is InChI=1S/C12H17NO.C9H10O2.C3H9N.H2/c1-3-9-13-12(14)10(2)11-7-5-4-6-8-11;1-7(9(10)11)8-5-3-2-4-6-8;1-2-3-4;/h4-8,10H,3,9H2,1-2H3,(H,13,14);2-7H,1H3,(H,10,11);2-4H2,1H3;1H/t10-;7-;;/m00../s1. The van der Waals surface area contributed by atoms with Crippen LogP contribution in [-0.4, -0.2) is 30.1 Å². The van der Waals surface area contributed by atoms with E-state index in [0.717, 1.165) is 37.1 Å². The number of benzene rings is 2. The molecule has 0 saturated heterocycles. The summed E-state index contributed by atoms with van der Waals surface area (Å²) in [5, 5.41) is 11.5. The van der Waals surface area contributed by atoms with Crippen LogP contribution in [0, 0.1) is 0 Å². The van der Waals surface area contributed by atoms with Crippen molar-refractivity contribution in [2.45, 2.75) is 52.4 Å². The minimum Gasteiger partial charge on any atom is -0.481 e. The number of carbonyl (C=O) groups excluding carboxylic acids is 1. The van der Waals surface area contributed by atoms with Gasteiger partial charge >= 0.3 is 5.97 Å². The highest BCUT2D eigenvalue weighted by Crippen LogP contribution is 2.14. The molecular formula is C24H38N2O3. The minimum atomic E-state index is -0.781. The molecule has 2 atom stereocenters. The van der Waals surface area contributed by atoms with Crippen LogP contribution in [0.1, 0.15) is 64.9 Å². The second-order valence-corrected chi connectivity index (χ2v) is 6.68. The molecule has 0 heterocycles. The van der Waals surface area contributed by atoms with Gasteiger partial charge < -0.3 is 16.2 Å². The zero-order chi connectivity index (χ0) is 22.1. The number of amides is 1. The van der Waals surface area contributed by atoms with E-state index in [0.29, 0.717) is 0 Å². The van der Waals surface area contributed by atoms with Gasteiger partial charge in [-0.1, -0.05) is 74.5 Å². The Morgan fingerprint density at radius 2 is 1.31 bits per heavy atom. The smallest absolute Gasteiger partial charge is 0.310 e. The van der Waals surface area contributed by atoms with E-state index in [1.54, 1.807) is 6.92 Å². The van der Waals surface area contributed by atoms with Crippen LogP contribution < -0.4 is 11.1 Å². The maximum absolute atomic E-state index is 11.6. The number of carbonyl (C=O) groups is 2. The molecule has 5 nitrogen and oxygen atoms in total. The highest BCUT2D eigenvalue weighted by atomic mass is 16.4. The van der Waals surface area contributed by atoms with E-state index in [1.165, 1.54) is 0 Å². The van der Waals surface area contributed by atoms with Gasteiger partial charge in [0.1, 0.15) is 0 Å². The summed E-state index contributed by atoms with van der Waals surface area (Å²) in [6, 6.07) is 19.0. The molecule has 162 valence electrons. The summed E-state index contributed by atoms with van der Waals surface area (Å²) >= 11 is 0. The van der Waals surface area contributed by atoms with Gasteiger partial charge in [0.25, 0.3) is 0 Å². The Morgan fingerprint density at radius 1 is 0.897 bits per heavy atom. The van der Waals surface area contributed by atoms with E-state index in [1.807, 2.05) is 74.5 Å². The summed E-state index contributed by atoms with van der Waals surface area (Å²) < 4.78 is 0. The fourth-order valence-corrected chi connectivity index (χ4v) is 2.18. The Hall–Kier alpha value is -2.66. The number of nitrogens with two attached hydrogens (primary N) is 1. The minimum absolute atomic E-state index is 0. The predicted molar refractivity (Wildman–Crippen MR) is 122 cm³/mol. The zero-order valence-corrected chi connectivity index (χ0v) is 18.1. The van der Waals surface area contributed by atoms with Crippen LogP contribution in [0.5, 0.6) is 0 Å². The fraction of sp³-hybridized carbons (Fsp3) is 0.417. The number of hydrogen-bond donors (Lipinski definition) is 3. The Balaban J connectivity index is 0. The first-order valence-corrected chi connectivity index (χ1v) is 10.2. The number of nitrogens with one attached hydrogen (secondary N) is 1. The van der Waals surface area contributed by atoms with Gasteiger partial charge in [-0.15, -0.1) is 0 Å². The highest BCUT2D eigenvalue weighted by molar-refractivity contribution is 5.83. The summed E-state index contributed by atoms with van der Waals surface area (Å²) in [7, 11) is 0. The van der Waals surface area contributed by atoms with Crippen LogP contribution in [0.15, 0.2) is 60.7 Å². The van der Waals surface area contributed by atoms with Gasteiger partial charge in [0, 0.05) is 7.97 Å². The van der Waals surface area contributed by atoms with E-state index < -0.39 is 11.9 Å². The van der Waals surface area contributed by atoms with Gasteiger partial charge in [-0.2, -0.15) is 0 Å². The topological polar surface area (TPSA) is 92.4 Å². The molecule has 0 unspecified atom stereocenters. The first kappa shape index (κ1) is 26.3. The molecule has 0 saturated carbocycles. The van der Waals surface area contributed by atoms with Crippen LogP contribution in [0.3, 0.4) is 0 Å². The lowest BCUT2D eigenvalue weighted by Gasteiger charge is -2.11. The number of carboxylic acids is 1. The van der Waals surface area contributed by atoms with Crippen molar-refractivity contribution >= 4 is 11.9 Å². The lowest BCUT2D eigenvalue weighted by atomic mass is 10.0. The van der Waals surface area contributed by atoms with E-state index >= 15 is 0 Å². The molecule has 0 aliphatic heterocycles. The van der Waals surface area contributed by atoms with Crippen LogP contribution in [0.25, 0.3) is 0 Å². The van der Waals surface area contributed by atoms with Gasteiger partial charge in [-0.3, -0.25) is 9.59 Å². The SMILES string of the molecule is CCCN.CCCNC(=O)[C@@H](C)c1ccccc1.C[C@H](C(=O)O)c1ccccc1.[HH]. The van der Waals surface area contributed by atoms with E-state index in [-0.39, 0.29) is 13.3 Å². The van der Waals surface area contributed by atoms with Gasteiger partial charge in [-0.25, -0.2) is 0 Å². The molecule has 1 amide bonds. The molecule has 4 N–H and O–H groups in total. The third-order valence-corrected chi connectivity index (χ3v) is 4.20. The number of aliphatic carboxylic acids is 1. The second-order valence-electron chi connectivity index (χ2n) is 6.68. The molecule has 0 bridgehead atoms. The van der Waals surface area contributed by atoms with Crippen molar-refractivity contribution in [1.82, 2.24) is 5.32 Å². The molecule has 2 aromatic carbocycles. The molecule has 0 aliphatic carbocycles. The van der Waals surface area contributed by atoms with Crippen LogP contribution in [-0.2, 0) is 9.59 Å². The second kappa shape index (κ2) is 16.3. The maximum atomic E-state index is 11.6. The summed E-state index contributed by atoms with van der Waals surface area (Å²) in [4.78, 5) is 22.1. The molecular weight excluding hydrogens is 364 g/mol. The summed E-state index contributed by atoms with van der Waals surface area (Å²) in [6.07, 6.45) is 2.08. The van der Waals surface area contributed by atoms with Crippen molar-refractivity contribution in [2.24, 2.45) is 5.73 Å². The normalized spacial score (nSPS) is 11.6. The molecule has 0 aliphatic rings. The Labute approximate surface area is 176 Å². The van der Waals surface area contributed by atoms with Crippen molar-refractivity contribution in [3.05, 3.63) is 71.8 Å². The number of rotatable bonds is 7. The van der Waals surface area contributed by atoms with E-state index in [9.17, 15) is 9.59 Å². The fourth-order valence-electron chi connectivity index (χ4n) is 2.18. The molecule has 0 aromatic heterocycles. The highest BCUT2D eigenvalue weighted by Gasteiger charge is 2.13. The average Bonchev–Trinajstić information content (AvgIpc) is 2.78. The monoisotopic (exact) mass is 402 g/mol. The summed E-state index contributed by atoms with van der Waals surface area (Å²) in [5.41, 5.74) is 6.95. The lowest BCUT2D eigenvalue weighted by molar-refractivity contribution is -0.138. The largest absolute Gasteiger partial charge is 0.481 e. The molecule has 0 spiro atoms. The van der Waals surface area contributed by atoms with Crippen molar-refractivity contribution in [1.29, 1.82) is 0 Å². The molecule has 0 radical (unpaired) electrons. The molecule has 0 fully saturated rings. The van der Waals surface area contributed by atoms with E-state index in [4.69, 9.17) is 10.8 Å². The van der Waals surface area contributed by atoms with Crippen molar-refractivity contribution in [3.8, 4) is 0 Å². The van der Waals surface area contributed by atoms with Gasteiger partial charge in [0.15, 0.2) is 0 Å². The van der Waals surface area contributed by atoms with Crippen molar-refractivity contribution in [3.63, 3.8) is 0 Å². The average molecular weight is 403 g/mol. The molecule has 5 heteroatoms.